The van der Waals surface area contributed by atoms with Gasteiger partial charge in [0, 0.05) is 23.1 Å². The molecule has 0 radical (unpaired) electrons. The molecule has 0 fully saturated rings. The summed E-state index contributed by atoms with van der Waals surface area (Å²) in [4.78, 5) is 8.98. The highest BCUT2D eigenvalue weighted by molar-refractivity contribution is 6.30. The Morgan fingerprint density at radius 3 is 2.05 bits per heavy atom. The lowest BCUT2D eigenvalue weighted by Crippen LogP contribution is -2.02. The third-order valence-electron chi connectivity index (χ3n) is 3.24. The van der Waals surface area contributed by atoms with Crippen molar-refractivity contribution in [2.75, 3.05) is 14.2 Å². The molecule has 1 aromatic heterocycles. The number of hydrogen-bond acceptors (Lipinski definition) is 4. The molecule has 5 heteroatoms. The van der Waals surface area contributed by atoms with Crippen molar-refractivity contribution in [2.24, 2.45) is 0 Å². The first-order valence-electron chi connectivity index (χ1n) is 6.73. The number of nitrogens with zero attached hydrogens (tertiary/aromatic N) is 2. The quantitative estimate of drug-likeness (QED) is 0.792. The second kappa shape index (κ2) is 6.31. The van der Waals surface area contributed by atoms with Crippen LogP contribution >= 0.6 is 11.6 Å². The number of halogens is 1. The first-order valence-corrected chi connectivity index (χ1v) is 7.11. The summed E-state index contributed by atoms with van der Waals surface area (Å²) in [5.74, 6) is 2.35. The van der Waals surface area contributed by atoms with E-state index in [4.69, 9.17) is 21.1 Å². The monoisotopic (exact) mass is 306 g/mol. The van der Waals surface area contributed by atoms with Crippen molar-refractivity contribution < 1.29 is 9.47 Å². The summed E-state index contributed by atoms with van der Waals surface area (Å²) in [6.45, 7) is 5.99. The van der Waals surface area contributed by atoms with Crippen LogP contribution in [0, 0.1) is 6.92 Å². The molecule has 0 bridgehead atoms. The molecule has 0 atom stereocenters. The van der Waals surface area contributed by atoms with Crippen LogP contribution in [0.4, 0.5) is 0 Å². The van der Waals surface area contributed by atoms with E-state index in [0.29, 0.717) is 16.7 Å². The number of ether oxygens (including phenoxy) is 2. The molecule has 0 spiro atoms. The lowest BCUT2D eigenvalue weighted by molar-refractivity contribution is 0.394. The molecule has 0 saturated carbocycles. The van der Waals surface area contributed by atoms with Crippen molar-refractivity contribution in [1.82, 2.24) is 9.97 Å². The van der Waals surface area contributed by atoms with Crippen LogP contribution in [0.2, 0.25) is 5.15 Å². The number of methoxy groups -OCH3 is 2. The summed E-state index contributed by atoms with van der Waals surface area (Å²) < 4.78 is 10.6. The van der Waals surface area contributed by atoms with Crippen LogP contribution < -0.4 is 9.47 Å². The van der Waals surface area contributed by atoms with Gasteiger partial charge in [-0.15, -0.1) is 0 Å². The summed E-state index contributed by atoms with van der Waals surface area (Å²) in [6.07, 6.45) is 0. The maximum Gasteiger partial charge on any atom is 0.136 e. The highest BCUT2D eigenvalue weighted by Gasteiger charge is 2.15. The molecule has 4 nitrogen and oxygen atoms in total. The molecular formula is C16H19ClN2O2. The Kier molecular flexibility index (Phi) is 4.68. The van der Waals surface area contributed by atoms with Crippen molar-refractivity contribution >= 4 is 11.6 Å². The molecule has 0 N–H and O–H groups in total. The van der Waals surface area contributed by atoms with Gasteiger partial charge in [0.1, 0.15) is 22.5 Å². The Hall–Kier alpha value is -1.81. The van der Waals surface area contributed by atoms with Crippen molar-refractivity contribution in [3.05, 3.63) is 34.7 Å². The van der Waals surface area contributed by atoms with Crippen LogP contribution in [0.1, 0.15) is 31.2 Å². The van der Waals surface area contributed by atoms with Crippen molar-refractivity contribution in [2.45, 2.75) is 26.7 Å². The Labute approximate surface area is 130 Å². The molecule has 0 aliphatic carbocycles. The Balaban J connectivity index is 2.65. The molecule has 2 aromatic rings. The molecular weight excluding hydrogens is 288 g/mol. The molecule has 0 saturated heterocycles. The summed E-state index contributed by atoms with van der Waals surface area (Å²) in [5.41, 5.74) is 2.54. The number of aromatic nitrogens is 2. The van der Waals surface area contributed by atoms with Crippen LogP contribution in [0.25, 0.3) is 11.3 Å². The van der Waals surface area contributed by atoms with Gasteiger partial charge in [0.2, 0.25) is 0 Å². The van der Waals surface area contributed by atoms with E-state index in [1.54, 1.807) is 14.2 Å². The standard InChI is InChI=1S/C16H19ClN2O2/c1-9(2)16-18-14(10(3)15(17)19-16)11-6-12(20-4)8-13(7-11)21-5/h6-9H,1-5H3. The van der Waals surface area contributed by atoms with Crippen molar-refractivity contribution in [3.8, 4) is 22.8 Å². The van der Waals surface area contributed by atoms with Gasteiger partial charge in [-0.2, -0.15) is 0 Å². The lowest BCUT2D eigenvalue weighted by atomic mass is 10.1. The third-order valence-corrected chi connectivity index (χ3v) is 3.61. The fourth-order valence-electron chi connectivity index (χ4n) is 1.99. The van der Waals surface area contributed by atoms with Gasteiger partial charge in [0.05, 0.1) is 19.9 Å². The molecule has 112 valence electrons. The first kappa shape index (κ1) is 15.6. The molecule has 0 aliphatic heterocycles. The average Bonchev–Trinajstić information content (AvgIpc) is 2.48. The largest absolute Gasteiger partial charge is 0.497 e. The Morgan fingerprint density at radius 1 is 1.00 bits per heavy atom. The van der Waals surface area contributed by atoms with Crippen LogP contribution in [0.15, 0.2) is 18.2 Å². The predicted molar refractivity (Wildman–Crippen MR) is 84.4 cm³/mol. The van der Waals surface area contributed by atoms with Gasteiger partial charge in [0.15, 0.2) is 0 Å². The van der Waals surface area contributed by atoms with Crippen LogP contribution in [0.5, 0.6) is 11.5 Å². The first-order chi connectivity index (χ1) is 9.96. The van der Waals surface area contributed by atoms with E-state index in [9.17, 15) is 0 Å². The minimum Gasteiger partial charge on any atom is -0.497 e. The van der Waals surface area contributed by atoms with Crippen molar-refractivity contribution in [1.29, 1.82) is 0 Å². The molecule has 1 aromatic carbocycles. The normalized spacial score (nSPS) is 10.8. The zero-order chi connectivity index (χ0) is 15.6. The topological polar surface area (TPSA) is 44.2 Å². The molecule has 2 rings (SSSR count). The maximum absolute atomic E-state index is 6.25. The molecule has 0 amide bonds. The molecule has 0 aliphatic rings. The Morgan fingerprint density at radius 2 is 1.57 bits per heavy atom. The highest BCUT2D eigenvalue weighted by atomic mass is 35.5. The smallest absolute Gasteiger partial charge is 0.136 e. The fourth-order valence-corrected chi connectivity index (χ4v) is 2.17. The summed E-state index contributed by atoms with van der Waals surface area (Å²) in [6, 6.07) is 5.65. The minimum absolute atomic E-state index is 0.203. The van der Waals surface area contributed by atoms with E-state index in [-0.39, 0.29) is 5.92 Å². The number of hydrogen-bond donors (Lipinski definition) is 0. The summed E-state index contributed by atoms with van der Waals surface area (Å²) >= 11 is 6.25. The number of rotatable bonds is 4. The predicted octanol–water partition coefficient (Wildman–Crippen LogP) is 4.25. The van der Waals surface area contributed by atoms with Gasteiger partial charge in [-0.1, -0.05) is 25.4 Å². The van der Waals surface area contributed by atoms with Gasteiger partial charge in [-0.3, -0.25) is 0 Å². The van der Waals surface area contributed by atoms with Gasteiger partial charge in [-0.05, 0) is 19.1 Å². The molecule has 0 unspecified atom stereocenters. The zero-order valence-corrected chi connectivity index (χ0v) is 13.7. The van der Waals surface area contributed by atoms with E-state index >= 15 is 0 Å². The third kappa shape index (κ3) is 3.27. The average molecular weight is 307 g/mol. The van der Waals surface area contributed by atoms with E-state index in [2.05, 4.69) is 9.97 Å². The van der Waals surface area contributed by atoms with Gasteiger partial charge >= 0.3 is 0 Å². The number of benzene rings is 1. The molecule has 21 heavy (non-hydrogen) atoms. The minimum atomic E-state index is 0.203. The van der Waals surface area contributed by atoms with Gasteiger partial charge in [-0.25, -0.2) is 9.97 Å². The van der Waals surface area contributed by atoms with Crippen LogP contribution in [0.3, 0.4) is 0 Å². The molecule has 1 heterocycles. The van der Waals surface area contributed by atoms with Crippen molar-refractivity contribution in [3.63, 3.8) is 0 Å². The second-order valence-electron chi connectivity index (χ2n) is 5.10. The van der Waals surface area contributed by atoms with E-state index in [1.807, 2.05) is 39.0 Å². The van der Waals surface area contributed by atoms with Gasteiger partial charge < -0.3 is 9.47 Å². The summed E-state index contributed by atoms with van der Waals surface area (Å²) in [7, 11) is 3.25. The lowest BCUT2D eigenvalue weighted by Gasteiger charge is -2.13. The van der Waals surface area contributed by atoms with E-state index < -0.39 is 0 Å². The Bertz CT molecular complexity index is 635. The zero-order valence-electron chi connectivity index (χ0n) is 12.9. The van der Waals surface area contributed by atoms with Crippen LogP contribution in [-0.2, 0) is 0 Å². The van der Waals surface area contributed by atoms with Gasteiger partial charge in [0.25, 0.3) is 0 Å². The van der Waals surface area contributed by atoms with Crippen LogP contribution in [-0.4, -0.2) is 24.2 Å². The van der Waals surface area contributed by atoms with E-state index in [1.165, 1.54) is 0 Å². The maximum atomic E-state index is 6.25. The fraction of sp³-hybridized carbons (Fsp3) is 0.375. The second-order valence-corrected chi connectivity index (χ2v) is 5.46. The highest BCUT2D eigenvalue weighted by Crippen LogP contribution is 2.33. The SMILES string of the molecule is COc1cc(OC)cc(-c2nc(C(C)C)nc(Cl)c2C)c1. The summed E-state index contributed by atoms with van der Waals surface area (Å²) in [5, 5.41) is 0.477. The van der Waals surface area contributed by atoms with E-state index in [0.717, 1.165) is 22.6 Å².